The monoisotopic (exact) mass is 804 g/mol. The molecule has 0 atom stereocenters. The van der Waals surface area contributed by atoms with Crippen molar-refractivity contribution in [2.24, 2.45) is 0 Å². The van der Waals surface area contributed by atoms with Crippen LogP contribution in [0.25, 0.3) is 0 Å². The fourth-order valence-corrected chi connectivity index (χ4v) is 8.50. The van der Waals surface area contributed by atoms with Crippen LogP contribution in [0.3, 0.4) is 0 Å². The molecule has 0 saturated heterocycles. The van der Waals surface area contributed by atoms with Crippen LogP contribution in [0, 0.1) is 6.92 Å². The summed E-state index contributed by atoms with van der Waals surface area (Å²) in [4.78, 5) is 26.1. The van der Waals surface area contributed by atoms with Gasteiger partial charge in [0, 0.05) is 23.1 Å². The summed E-state index contributed by atoms with van der Waals surface area (Å²) in [7, 11) is -5.52. The van der Waals surface area contributed by atoms with Crippen molar-refractivity contribution in [3.05, 3.63) is 107 Å². The molecule has 16 heteroatoms. The molecule has 0 unspecified atom stereocenters. The normalized spacial score (nSPS) is 11.4. The van der Waals surface area contributed by atoms with Gasteiger partial charge >= 0.3 is 0 Å². The number of hydrogen-bond acceptors (Lipinski definition) is 8. The molecule has 53 heavy (non-hydrogen) atoms. The van der Waals surface area contributed by atoms with Crippen molar-refractivity contribution in [1.29, 1.82) is 0 Å². The number of hydrogen-bond donors (Lipinski definition) is 2. The molecular weight excluding hydrogens is 763 g/mol. The molecule has 4 aromatic rings. The maximum Gasteiger partial charge on any atom is 0.264 e. The van der Waals surface area contributed by atoms with Crippen molar-refractivity contribution in [3.8, 4) is 11.5 Å². The van der Waals surface area contributed by atoms with Gasteiger partial charge in [0.15, 0.2) is 0 Å². The Morgan fingerprint density at radius 1 is 0.604 bits per heavy atom. The van der Waals surface area contributed by atoms with Gasteiger partial charge in [-0.05, 0) is 80.4 Å². The Balaban J connectivity index is 1.29. The topological polar surface area (TPSA) is 151 Å². The van der Waals surface area contributed by atoms with Crippen molar-refractivity contribution in [3.63, 3.8) is 0 Å². The molecule has 284 valence electrons. The zero-order valence-electron chi connectivity index (χ0n) is 29.5. The van der Waals surface area contributed by atoms with Gasteiger partial charge in [-0.15, -0.1) is 0 Å². The van der Waals surface area contributed by atoms with E-state index in [-0.39, 0.29) is 42.7 Å². The fourth-order valence-electron chi connectivity index (χ4n) is 5.30. The van der Waals surface area contributed by atoms with E-state index in [4.69, 9.17) is 32.7 Å². The summed E-state index contributed by atoms with van der Waals surface area (Å²) in [5.74, 6) is -0.556. The lowest BCUT2D eigenvalue weighted by Crippen LogP contribution is -2.41. The number of carbonyl (C=O) groups excluding carboxylic acids is 2. The van der Waals surface area contributed by atoms with Crippen LogP contribution in [0.4, 0.5) is 11.4 Å². The third kappa shape index (κ3) is 11.0. The van der Waals surface area contributed by atoms with Crippen molar-refractivity contribution in [2.75, 3.05) is 49.0 Å². The number of halogens is 2. The maximum atomic E-state index is 13.7. The molecule has 0 saturated carbocycles. The number of methoxy groups -OCH3 is 2. The quantitative estimate of drug-likeness (QED) is 0.106. The Hall–Kier alpha value is -4.50. The lowest BCUT2D eigenvalue weighted by atomic mass is 10.2. The highest BCUT2D eigenvalue weighted by Gasteiger charge is 2.31. The van der Waals surface area contributed by atoms with E-state index < -0.39 is 45.0 Å². The lowest BCUT2D eigenvalue weighted by molar-refractivity contribution is -0.120. The molecule has 0 aromatic heterocycles. The predicted molar refractivity (Wildman–Crippen MR) is 207 cm³/mol. The number of amides is 2. The highest BCUT2D eigenvalue weighted by molar-refractivity contribution is 7.93. The molecule has 0 aliphatic rings. The summed E-state index contributed by atoms with van der Waals surface area (Å²) in [5.41, 5.74) is 1.14. The standard InChI is InChI=1S/C37H42Cl2N4O8S2/c1-27-13-17-31(18-14-27)53(48,49)43(33-24-29(39)16-20-35(33)51-3)26-37(45)41-22-10-5-4-9-21-40-36(44)25-42(32-23-28(38)15-19-34(32)50-2)52(46,47)30-11-7-6-8-12-30/h6-8,11-20,23-24H,4-5,9-10,21-22,25-26H2,1-3H3,(H,40,44)(H,41,45). The molecule has 0 bridgehead atoms. The van der Waals surface area contributed by atoms with E-state index in [0.29, 0.717) is 38.8 Å². The largest absolute Gasteiger partial charge is 0.495 e. The zero-order chi connectivity index (χ0) is 38.6. The number of nitrogens with zero attached hydrogens (tertiary/aromatic N) is 2. The van der Waals surface area contributed by atoms with Gasteiger partial charge in [-0.25, -0.2) is 16.8 Å². The maximum absolute atomic E-state index is 13.7. The summed E-state index contributed by atoms with van der Waals surface area (Å²) in [6, 6.07) is 23.1. The van der Waals surface area contributed by atoms with Gasteiger partial charge in [-0.2, -0.15) is 0 Å². The van der Waals surface area contributed by atoms with Crippen molar-refractivity contribution in [2.45, 2.75) is 42.4 Å². The van der Waals surface area contributed by atoms with Crippen LogP contribution in [0.2, 0.25) is 10.0 Å². The van der Waals surface area contributed by atoms with Crippen molar-refractivity contribution in [1.82, 2.24) is 10.6 Å². The van der Waals surface area contributed by atoms with Gasteiger partial charge in [-0.1, -0.05) is 71.9 Å². The van der Waals surface area contributed by atoms with Crippen LogP contribution >= 0.6 is 23.2 Å². The molecule has 0 aliphatic carbocycles. The Bertz CT molecular complexity index is 2090. The Morgan fingerprint density at radius 2 is 1.02 bits per heavy atom. The third-order valence-corrected chi connectivity index (χ3v) is 12.1. The molecular formula is C37H42Cl2N4O8S2. The summed E-state index contributed by atoms with van der Waals surface area (Å²) < 4.78 is 67.5. The molecule has 4 aromatic carbocycles. The van der Waals surface area contributed by atoms with Gasteiger partial charge in [0.1, 0.15) is 24.6 Å². The average Bonchev–Trinajstić information content (AvgIpc) is 3.14. The number of unbranched alkanes of at least 4 members (excludes halogenated alkanes) is 3. The second-order valence-corrected chi connectivity index (χ2v) is 16.5. The zero-order valence-corrected chi connectivity index (χ0v) is 32.7. The number of rotatable bonds is 19. The van der Waals surface area contributed by atoms with Crippen molar-refractivity contribution >= 4 is 66.4 Å². The van der Waals surface area contributed by atoms with Crippen LogP contribution in [-0.4, -0.2) is 69.0 Å². The highest BCUT2D eigenvalue weighted by atomic mass is 35.5. The van der Waals surface area contributed by atoms with E-state index in [9.17, 15) is 26.4 Å². The molecule has 0 heterocycles. The number of aryl methyl sites for hydroxylation is 1. The second-order valence-electron chi connectivity index (χ2n) is 11.9. The minimum atomic E-state index is -4.17. The lowest BCUT2D eigenvalue weighted by Gasteiger charge is -2.26. The molecule has 0 fully saturated rings. The number of carbonyl (C=O) groups is 2. The first kappa shape index (κ1) is 41.3. The highest BCUT2D eigenvalue weighted by Crippen LogP contribution is 2.36. The smallest absolute Gasteiger partial charge is 0.264 e. The number of sulfonamides is 2. The van der Waals surface area contributed by atoms with E-state index in [0.717, 1.165) is 14.2 Å². The van der Waals surface area contributed by atoms with E-state index in [1.54, 1.807) is 42.5 Å². The summed E-state index contributed by atoms with van der Waals surface area (Å²) in [6.07, 6.45) is 2.61. The Labute approximate surface area is 321 Å². The first-order valence-corrected chi connectivity index (χ1v) is 20.3. The van der Waals surface area contributed by atoms with Crippen LogP contribution < -0.4 is 28.7 Å². The fraction of sp³-hybridized carbons (Fsp3) is 0.297. The first-order chi connectivity index (χ1) is 25.3. The SMILES string of the molecule is COc1ccc(Cl)cc1N(CC(=O)NCCCCCCNC(=O)CN(c1cc(Cl)ccc1OC)S(=O)(=O)c1ccc(C)cc1)S(=O)(=O)c1ccccc1. The third-order valence-electron chi connectivity index (χ3n) is 8.08. The van der Waals surface area contributed by atoms with Gasteiger partial charge < -0.3 is 20.1 Å². The number of nitrogens with one attached hydrogen (secondary N) is 2. The molecule has 2 N–H and O–H groups in total. The summed E-state index contributed by atoms with van der Waals surface area (Å²) >= 11 is 12.4. The predicted octanol–water partition coefficient (Wildman–Crippen LogP) is 6.20. The number of anilines is 2. The van der Waals surface area contributed by atoms with E-state index >= 15 is 0 Å². The van der Waals surface area contributed by atoms with Gasteiger partial charge in [0.05, 0.1) is 35.4 Å². The van der Waals surface area contributed by atoms with Crippen LogP contribution in [0.15, 0.2) is 101 Å². The molecule has 0 radical (unpaired) electrons. The average molecular weight is 806 g/mol. The summed E-state index contributed by atoms with van der Waals surface area (Å²) in [5, 5.41) is 6.11. The van der Waals surface area contributed by atoms with Gasteiger partial charge in [0.25, 0.3) is 20.0 Å². The second kappa shape index (κ2) is 19.0. The first-order valence-electron chi connectivity index (χ1n) is 16.7. The molecule has 0 aliphatic heterocycles. The molecule has 0 spiro atoms. The molecule has 2 amide bonds. The molecule has 4 rings (SSSR count). The van der Waals surface area contributed by atoms with Crippen molar-refractivity contribution < 1.29 is 35.9 Å². The van der Waals surface area contributed by atoms with Crippen LogP contribution in [0.1, 0.15) is 31.2 Å². The number of ether oxygens (including phenoxy) is 2. The van der Waals surface area contributed by atoms with E-state index in [2.05, 4.69) is 10.6 Å². The minimum absolute atomic E-state index is 0.00621. The Kier molecular flexibility index (Phi) is 14.8. The minimum Gasteiger partial charge on any atom is -0.495 e. The number of benzene rings is 4. The van der Waals surface area contributed by atoms with Crippen LogP contribution in [-0.2, 0) is 29.6 Å². The van der Waals surface area contributed by atoms with E-state index in [1.165, 1.54) is 62.8 Å². The van der Waals surface area contributed by atoms with Gasteiger partial charge in [-0.3, -0.25) is 18.2 Å². The van der Waals surface area contributed by atoms with Crippen LogP contribution in [0.5, 0.6) is 11.5 Å². The summed E-state index contributed by atoms with van der Waals surface area (Å²) in [6.45, 7) is 1.43. The van der Waals surface area contributed by atoms with E-state index in [1.807, 2.05) is 6.92 Å². The molecule has 12 nitrogen and oxygen atoms in total. The Morgan fingerprint density at radius 3 is 1.43 bits per heavy atom. The van der Waals surface area contributed by atoms with Gasteiger partial charge in [0.2, 0.25) is 11.8 Å².